The Morgan fingerprint density at radius 2 is 0.838 bits per heavy atom. The van der Waals surface area contributed by atoms with E-state index < -0.39 is 7.92 Å². The summed E-state index contributed by atoms with van der Waals surface area (Å²) in [6.07, 6.45) is 3.18. The molecule has 0 aliphatic heterocycles. The Morgan fingerprint density at radius 3 is 1.35 bits per heavy atom. The Hall–Kier alpha value is -3.47. The number of fused-ring (bicyclic) bond motifs is 3. The second kappa shape index (κ2) is 10.1. The van der Waals surface area contributed by atoms with Gasteiger partial charge in [0.25, 0.3) is 0 Å². The lowest BCUT2D eigenvalue weighted by molar-refractivity contribution is 1.000. The third-order valence-corrected chi connectivity index (χ3v) is 10.5. The molecule has 0 bridgehead atoms. The Balaban J connectivity index is 1.83. The fraction of sp³-hybridized carbons (Fsp3) is 0.167. The van der Waals surface area contributed by atoms with Gasteiger partial charge in [-0.2, -0.15) is 0 Å². The maximum atomic E-state index is 2.39. The van der Waals surface area contributed by atoms with Gasteiger partial charge in [-0.25, -0.2) is 0 Å². The lowest BCUT2D eigenvalue weighted by Gasteiger charge is -2.29. The van der Waals surface area contributed by atoms with Gasteiger partial charge in [-0.15, -0.1) is 0 Å². The number of hydrogen-bond acceptors (Lipinski definition) is 0. The monoisotopic (exact) mass is 496 g/mol. The van der Waals surface area contributed by atoms with Crippen LogP contribution in [0.2, 0.25) is 0 Å². The molecule has 6 aromatic carbocycles. The number of benzene rings is 6. The highest BCUT2D eigenvalue weighted by Gasteiger charge is 2.27. The molecule has 0 saturated carbocycles. The first kappa shape index (κ1) is 23.9. The van der Waals surface area contributed by atoms with Gasteiger partial charge in [-0.3, -0.25) is 0 Å². The van der Waals surface area contributed by atoms with Crippen molar-refractivity contribution in [2.75, 3.05) is 0 Å². The zero-order chi connectivity index (χ0) is 25.4. The van der Waals surface area contributed by atoms with Crippen LogP contribution in [0.1, 0.15) is 37.5 Å². The third kappa shape index (κ3) is 3.96. The van der Waals surface area contributed by atoms with Crippen molar-refractivity contribution < 1.29 is 0 Å². The molecule has 6 rings (SSSR count). The van der Waals surface area contributed by atoms with Gasteiger partial charge in [-0.1, -0.05) is 130 Å². The molecule has 0 aliphatic rings. The highest BCUT2D eigenvalue weighted by Crippen LogP contribution is 2.43. The van der Waals surface area contributed by atoms with Crippen molar-refractivity contribution >= 4 is 56.2 Å². The molecule has 6 aromatic rings. The summed E-state index contributed by atoms with van der Waals surface area (Å²) in [5.74, 6) is 0. The molecular formula is C36H33P. The predicted octanol–water partition coefficient (Wildman–Crippen LogP) is 8.59. The van der Waals surface area contributed by atoms with E-state index in [1.807, 2.05) is 0 Å². The van der Waals surface area contributed by atoms with Crippen LogP contribution in [-0.2, 0) is 19.3 Å². The molecule has 0 atom stereocenters. The van der Waals surface area contributed by atoms with Gasteiger partial charge in [0.15, 0.2) is 0 Å². The Bertz CT molecular complexity index is 1650. The van der Waals surface area contributed by atoms with Gasteiger partial charge in [0, 0.05) is 0 Å². The predicted molar refractivity (Wildman–Crippen MR) is 166 cm³/mol. The van der Waals surface area contributed by atoms with Crippen molar-refractivity contribution in [3.05, 3.63) is 126 Å². The summed E-state index contributed by atoms with van der Waals surface area (Å²) in [6, 6.07) is 40.9. The van der Waals surface area contributed by atoms with Crippen molar-refractivity contribution in [1.29, 1.82) is 0 Å². The van der Waals surface area contributed by atoms with Crippen LogP contribution in [0.5, 0.6) is 0 Å². The van der Waals surface area contributed by atoms with E-state index in [0.29, 0.717) is 0 Å². The van der Waals surface area contributed by atoms with Gasteiger partial charge in [0.05, 0.1) is 0 Å². The van der Waals surface area contributed by atoms with Gasteiger partial charge in [-0.05, 0) is 92.1 Å². The van der Waals surface area contributed by atoms with Gasteiger partial charge in [0.1, 0.15) is 0 Å². The van der Waals surface area contributed by atoms with Crippen molar-refractivity contribution in [2.45, 2.75) is 40.0 Å². The standard InChI is InChI=1S/C36H33P/c1-4-27-28(5-2)32-21-11-12-22-33(32)36(29(27)6-3)37(34-23-13-17-25-15-7-9-19-30(25)34)35-24-14-18-26-16-8-10-20-31(26)35/h7-24H,4-6H2,1-3H3. The topological polar surface area (TPSA) is 0 Å². The Kier molecular flexibility index (Phi) is 6.54. The van der Waals surface area contributed by atoms with Gasteiger partial charge >= 0.3 is 0 Å². The lowest BCUT2D eigenvalue weighted by Crippen LogP contribution is -2.27. The normalized spacial score (nSPS) is 11.7. The summed E-state index contributed by atoms with van der Waals surface area (Å²) in [7, 11) is -0.811. The van der Waals surface area contributed by atoms with E-state index in [2.05, 4.69) is 130 Å². The lowest BCUT2D eigenvalue weighted by atomic mass is 9.90. The molecule has 0 saturated heterocycles. The first-order chi connectivity index (χ1) is 18.3. The smallest absolute Gasteiger partial charge is 0.00373 e. The summed E-state index contributed by atoms with van der Waals surface area (Å²) in [5, 5.41) is 12.7. The summed E-state index contributed by atoms with van der Waals surface area (Å²) in [6.45, 7) is 7.01. The van der Waals surface area contributed by atoms with Crippen LogP contribution >= 0.6 is 7.92 Å². The van der Waals surface area contributed by atoms with E-state index in [9.17, 15) is 0 Å². The minimum absolute atomic E-state index is 0.811. The van der Waals surface area contributed by atoms with Crippen LogP contribution in [0.3, 0.4) is 0 Å². The maximum Gasteiger partial charge on any atom is -0.00373 e. The SMILES string of the molecule is CCc1c(CC)c(P(c2cccc3ccccc23)c2cccc3ccccc23)c2ccccc2c1CC. The third-order valence-electron chi connectivity index (χ3n) is 7.82. The molecule has 0 N–H and O–H groups in total. The molecule has 1 heteroatoms. The number of hydrogen-bond donors (Lipinski definition) is 0. The zero-order valence-electron chi connectivity index (χ0n) is 22.0. The fourth-order valence-corrected chi connectivity index (χ4v) is 9.35. The largest absolute Gasteiger partial charge is 0.0616 e. The van der Waals surface area contributed by atoms with Gasteiger partial charge < -0.3 is 0 Å². The number of aryl methyl sites for hydroxylation is 1. The first-order valence-corrected chi connectivity index (χ1v) is 14.9. The fourth-order valence-electron chi connectivity index (χ4n) is 6.25. The van der Waals surface area contributed by atoms with Crippen LogP contribution < -0.4 is 15.9 Å². The Morgan fingerprint density at radius 1 is 0.405 bits per heavy atom. The van der Waals surface area contributed by atoms with Crippen molar-refractivity contribution in [2.24, 2.45) is 0 Å². The summed E-state index contributed by atoms with van der Waals surface area (Å²) >= 11 is 0. The van der Waals surface area contributed by atoms with Crippen molar-refractivity contribution in [3.8, 4) is 0 Å². The first-order valence-electron chi connectivity index (χ1n) is 13.6. The van der Waals surface area contributed by atoms with Gasteiger partial charge in [0.2, 0.25) is 0 Å². The molecule has 0 aromatic heterocycles. The quantitative estimate of drug-likeness (QED) is 0.203. The molecule has 0 amide bonds. The molecule has 0 nitrogen and oxygen atoms in total. The average Bonchev–Trinajstić information content (AvgIpc) is 2.96. The molecule has 0 unspecified atom stereocenters. The molecule has 37 heavy (non-hydrogen) atoms. The molecule has 182 valence electrons. The summed E-state index contributed by atoms with van der Waals surface area (Å²) < 4.78 is 0. The summed E-state index contributed by atoms with van der Waals surface area (Å²) in [4.78, 5) is 0. The molecule has 0 heterocycles. The molecule has 0 aliphatic carbocycles. The van der Waals surface area contributed by atoms with E-state index in [-0.39, 0.29) is 0 Å². The summed E-state index contributed by atoms with van der Waals surface area (Å²) in [5.41, 5.74) is 4.65. The zero-order valence-corrected chi connectivity index (χ0v) is 22.9. The molecule has 0 fully saturated rings. The molecular weight excluding hydrogens is 463 g/mol. The second-order valence-corrected chi connectivity index (χ2v) is 11.8. The highest BCUT2D eigenvalue weighted by molar-refractivity contribution is 7.81. The molecule has 0 spiro atoms. The van der Waals surface area contributed by atoms with E-state index in [0.717, 1.165) is 19.3 Å². The average molecular weight is 497 g/mol. The minimum Gasteiger partial charge on any atom is -0.0616 e. The van der Waals surface area contributed by atoms with Crippen molar-refractivity contribution in [1.82, 2.24) is 0 Å². The van der Waals surface area contributed by atoms with Crippen LogP contribution in [0.15, 0.2) is 109 Å². The van der Waals surface area contributed by atoms with E-state index in [4.69, 9.17) is 0 Å². The highest BCUT2D eigenvalue weighted by atomic mass is 31.1. The van der Waals surface area contributed by atoms with Crippen molar-refractivity contribution in [3.63, 3.8) is 0 Å². The Labute approximate surface area is 221 Å². The van der Waals surface area contributed by atoms with Crippen LogP contribution in [-0.4, -0.2) is 0 Å². The number of rotatable bonds is 6. The maximum absolute atomic E-state index is 2.39. The van der Waals surface area contributed by atoms with Crippen LogP contribution in [0, 0.1) is 0 Å². The van der Waals surface area contributed by atoms with Crippen LogP contribution in [0.25, 0.3) is 32.3 Å². The van der Waals surface area contributed by atoms with E-state index >= 15 is 0 Å². The molecule has 0 radical (unpaired) electrons. The van der Waals surface area contributed by atoms with E-state index in [1.165, 1.54) is 48.5 Å². The minimum atomic E-state index is -0.811. The second-order valence-electron chi connectivity index (χ2n) is 9.72. The van der Waals surface area contributed by atoms with Crippen LogP contribution in [0.4, 0.5) is 0 Å². The van der Waals surface area contributed by atoms with E-state index in [1.54, 1.807) is 16.4 Å².